The minimum Gasteiger partial charge on any atom is -0.497 e. The number of hydrogen-bond donors (Lipinski definition) is 0. The lowest BCUT2D eigenvalue weighted by atomic mass is 10.0. The molecular weight excluding hydrogens is 316 g/mol. The Morgan fingerprint density at radius 2 is 1.96 bits per heavy atom. The average Bonchev–Trinajstić information content (AvgIpc) is 2.98. The van der Waals surface area contributed by atoms with E-state index < -0.39 is 0 Å². The van der Waals surface area contributed by atoms with Gasteiger partial charge in [0.1, 0.15) is 5.75 Å². The molecule has 5 heteroatoms. The Morgan fingerprint density at radius 3 is 2.76 bits per heavy atom. The molecule has 2 aromatic carbocycles. The first-order valence-electron chi connectivity index (χ1n) is 8.70. The molecule has 3 aromatic rings. The summed E-state index contributed by atoms with van der Waals surface area (Å²) in [6.45, 7) is 2.79. The molecule has 1 aliphatic rings. The van der Waals surface area contributed by atoms with Gasteiger partial charge in [-0.05, 0) is 49.2 Å². The Balaban J connectivity index is 1.54. The van der Waals surface area contributed by atoms with Gasteiger partial charge < -0.3 is 9.15 Å². The number of rotatable bonds is 4. The molecule has 0 amide bonds. The zero-order chi connectivity index (χ0) is 17.2. The second kappa shape index (κ2) is 6.76. The van der Waals surface area contributed by atoms with Crippen LogP contribution in [0.15, 0.2) is 57.7 Å². The first-order valence-corrected chi connectivity index (χ1v) is 8.70. The summed E-state index contributed by atoms with van der Waals surface area (Å²) in [6, 6.07) is 16.0. The lowest BCUT2D eigenvalue weighted by Crippen LogP contribution is -2.38. The van der Waals surface area contributed by atoms with E-state index in [0.29, 0.717) is 5.58 Å². The molecule has 4 rings (SSSR count). The van der Waals surface area contributed by atoms with Crippen LogP contribution in [-0.4, -0.2) is 29.7 Å². The highest BCUT2D eigenvalue weighted by Gasteiger charge is 2.25. The van der Waals surface area contributed by atoms with Gasteiger partial charge in [0.05, 0.1) is 18.7 Å². The van der Waals surface area contributed by atoms with Crippen LogP contribution in [0.5, 0.6) is 5.75 Å². The first-order chi connectivity index (χ1) is 12.2. The molecule has 0 aliphatic carbocycles. The quantitative estimate of drug-likeness (QED) is 0.731. The lowest BCUT2D eigenvalue weighted by molar-refractivity contribution is 0.168. The highest BCUT2D eigenvalue weighted by molar-refractivity contribution is 5.72. The van der Waals surface area contributed by atoms with Crippen molar-refractivity contribution in [2.75, 3.05) is 20.2 Å². The maximum Gasteiger partial charge on any atom is 0.420 e. The molecule has 2 heterocycles. The van der Waals surface area contributed by atoms with Crippen LogP contribution in [0.4, 0.5) is 0 Å². The number of fused-ring (bicyclic) bond motifs is 1. The number of likely N-dealkylation sites (tertiary alicyclic amines) is 1. The van der Waals surface area contributed by atoms with Crippen molar-refractivity contribution in [2.45, 2.75) is 25.4 Å². The Labute approximate surface area is 146 Å². The fourth-order valence-electron chi connectivity index (χ4n) is 3.70. The largest absolute Gasteiger partial charge is 0.497 e. The SMILES string of the molecule is COc1ccc(CN2CCCC(n3c(=O)oc4ccccc43)C2)cc1. The number of piperidine rings is 1. The fraction of sp³-hybridized carbons (Fsp3) is 0.350. The zero-order valence-electron chi connectivity index (χ0n) is 14.4. The average molecular weight is 338 g/mol. The Bertz CT molecular complexity index is 911. The van der Waals surface area contributed by atoms with E-state index in [1.165, 1.54) is 5.56 Å². The number of methoxy groups -OCH3 is 1. The Kier molecular flexibility index (Phi) is 4.32. The third-order valence-electron chi connectivity index (χ3n) is 4.93. The monoisotopic (exact) mass is 338 g/mol. The van der Waals surface area contributed by atoms with E-state index in [9.17, 15) is 4.79 Å². The van der Waals surface area contributed by atoms with Gasteiger partial charge in [-0.15, -0.1) is 0 Å². The summed E-state index contributed by atoms with van der Waals surface area (Å²) in [5.74, 6) is 0.620. The summed E-state index contributed by atoms with van der Waals surface area (Å²) >= 11 is 0. The molecule has 0 spiro atoms. The van der Waals surface area contributed by atoms with Crippen LogP contribution in [0.3, 0.4) is 0 Å². The maximum absolute atomic E-state index is 12.3. The molecule has 1 aliphatic heterocycles. The minimum absolute atomic E-state index is 0.156. The maximum atomic E-state index is 12.3. The van der Waals surface area contributed by atoms with E-state index in [4.69, 9.17) is 9.15 Å². The van der Waals surface area contributed by atoms with Crippen molar-refractivity contribution in [3.63, 3.8) is 0 Å². The summed E-state index contributed by atoms with van der Waals surface area (Å²) in [5.41, 5.74) is 2.81. The van der Waals surface area contributed by atoms with E-state index in [0.717, 1.165) is 43.7 Å². The van der Waals surface area contributed by atoms with Gasteiger partial charge in [-0.3, -0.25) is 9.47 Å². The van der Waals surface area contributed by atoms with Crippen LogP contribution >= 0.6 is 0 Å². The molecule has 1 aromatic heterocycles. The molecule has 1 atom stereocenters. The number of aromatic nitrogens is 1. The van der Waals surface area contributed by atoms with E-state index in [-0.39, 0.29) is 11.8 Å². The first kappa shape index (κ1) is 16.0. The highest BCUT2D eigenvalue weighted by Crippen LogP contribution is 2.26. The third kappa shape index (κ3) is 3.20. The number of ether oxygens (including phenoxy) is 1. The van der Waals surface area contributed by atoms with Crippen molar-refractivity contribution in [1.29, 1.82) is 0 Å². The summed E-state index contributed by atoms with van der Waals surface area (Å²) in [7, 11) is 1.68. The van der Waals surface area contributed by atoms with Gasteiger partial charge in [-0.25, -0.2) is 4.79 Å². The Morgan fingerprint density at radius 1 is 1.16 bits per heavy atom. The van der Waals surface area contributed by atoms with Crippen LogP contribution < -0.4 is 10.5 Å². The van der Waals surface area contributed by atoms with Gasteiger partial charge in [0.15, 0.2) is 5.58 Å². The predicted octanol–water partition coefficient (Wildman–Crippen LogP) is 3.44. The second-order valence-electron chi connectivity index (χ2n) is 6.58. The molecule has 0 bridgehead atoms. The zero-order valence-corrected chi connectivity index (χ0v) is 14.4. The molecule has 0 N–H and O–H groups in total. The van der Waals surface area contributed by atoms with Crippen LogP contribution in [0.25, 0.3) is 11.1 Å². The standard InChI is InChI=1S/C20H22N2O3/c1-24-17-10-8-15(9-11-17)13-21-12-4-5-16(14-21)22-18-6-2-3-7-19(18)25-20(22)23/h2-3,6-11,16H,4-5,12-14H2,1H3. The number of para-hydroxylation sites is 2. The van der Waals surface area contributed by atoms with Crippen molar-refractivity contribution in [3.8, 4) is 5.75 Å². The number of benzene rings is 2. The molecular formula is C20H22N2O3. The number of hydrogen-bond acceptors (Lipinski definition) is 4. The normalized spacial score (nSPS) is 18.5. The van der Waals surface area contributed by atoms with E-state index in [1.807, 2.05) is 41.0 Å². The number of nitrogens with zero attached hydrogens (tertiary/aromatic N) is 2. The summed E-state index contributed by atoms with van der Waals surface area (Å²) < 4.78 is 12.5. The van der Waals surface area contributed by atoms with Gasteiger partial charge in [-0.1, -0.05) is 24.3 Å². The van der Waals surface area contributed by atoms with E-state index in [1.54, 1.807) is 7.11 Å². The van der Waals surface area contributed by atoms with E-state index in [2.05, 4.69) is 17.0 Å². The van der Waals surface area contributed by atoms with E-state index >= 15 is 0 Å². The van der Waals surface area contributed by atoms with Crippen LogP contribution in [-0.2, 0) is 6.54 Å². The molecule has 1 saturated heterocycles. The fourth-order valence-corrected chi connectivity index (χ4v) is 3.70. The van der Waals surface area contributed by atoms with Crippen LogP contribution in [0.1, 0.15) is 24.4 Å². The molecule has 1 fully saturated rings. The minimum atomic E-state index is -0.252. The van der Waals surface area contributed by atoms with Crippen molar-refractivity contribution in [1.82, 2.24) is 9.47 Å². The second-order valence-corrected chi connectivity index (χ2v) is 6.58. The van der Waals surface area contributed by atoms with Gasteiger partial charge in [0.2, 0.25) is 0 Å². The smallest absolute Gasteiger partial charge is 0.420 e. The van der Waals surface area contributed by atoms with Crippen molar-refractivity contribution in [2.24, 2.45) is 0 Å². The van der Waals surface area contributed by atoms with Gasteiger partial charge >= 0.3 is 5.76 Å². The Hall–Kier alpha value is -2.53. The highest BCUT2D eigenvalue weighted by atomic mass is 16.5. The number of oxazole rings is 1. The van der Waals surface area contributed by atoms with Crippen molar-refractivity contribution >= 4 is 11.1 Å². The molecule has 130 valence electrons. The van der Waals surface area contributed by atoms with Gasteiger partial charge in [0.25, 0.3) is 0 Å². The van der Waals surface area contributed by atoms with Crippen LogP contribution in [0.2, 0.25) is 0 Å². The van der Waals surface area contributed by atoms with Gasteiger partial charge in [-0.2, -0.15) is 0 Å². The summed E-state index contributed by atoms with van der Waals surface area (Å²) in [4.78, 5) is 14.7. The summed E-state index contributed by atoms with van der Waals surface area (Å²) in [5, 5.41) is 0. The topological polar surface area (TPSA) is 47.6 Å². The van der Waals surface area contributed by atoms with Crippen molar-refractivity contribution in [3.05, 3.63) is 64.6 Å². The lowest BCUT2D eigenvalue weighted by Gasteiger charge is -2.33. The predicted molar refractivity (Wildman–Crippen MR) is 97.0 cm³/mol. The summed E-state index contributed by atoms with van der Waals surface area (Å²) in [6.07, 6.45) is 2.08. The molecule has 1 unspecified atom stereocenters. The molecule has 0 radical (unpaired) electrons. The van der Waals surface area contributed by atoms with Gasteiger partial charge in [0, 0.05) is 13.1 Å². The van der Waals surface area contributed by atoms with Crippen LogP contribution in [0, 0.1) is 0 Å². The molecule has 0 saturated carbocycles. The van der Waals surface area contributed by atoms with Crippen molar-refractivity contribution < 1.29 is 9.15 Å². The molecule has 25 heavy (non-hydrogen) atoms. The molecule has 5 nitrogen and oxygen atoms in total. The third-order valence-corrected chi connectivity index (χ3v) is 4.93.